The molecule has 2 rings (SSSR count). The normalized spacial score (nSPS) is 23.9. The molecular formula is C11H13NO2. The molecule has 1 aliphatic rings. The van der Waals surface area contributed by atoms with Crippen LogP contribution in [0, 0.1) is 5.41 Å². The molecule has 0 radical (unpaired) electrons. The van der Waals surface area contributed by atoms with Crippen molar-refractivity contribution in [2.24, 2.45) is 5.41 Å². The van der Waals surface area contributed by atoms with Gasteiger partial charge in [-0.25, -0.2) is 0 Å². The summed E-state index contributed by atoms with van der Waals surface area (Å²) >= 11 is 0. The summed E-state index contributed by atoms with van der Waals surface area (Å²) in [4.78, 5) is 11.6. The van der Waals surface area contributed by atoms with Gasteiger partial charge >= 0.3 is 0 Å². The summed E-state index contributed by atoms with van der Waals surface area (Å²) in [5, 5.41) is 12.8. The molecule has 1 aromatic carbocycles. The summed E-state index contributed by atoms with van der Waals surface area (Å²) in [5.74, 6) is -0.135. The average Bonchev–Trinajstić information content (AvgIpc) is 2.15. The van der Waals surface area contributed by atoms with Crippen LogP contribution in [-0.2, 0) is 4.79 Å². The highest BCUT2D eigenvalue weighted by Crippen LogP contribution is 2.41. The number of nitrogens with one attached hydrogen (secondary N) is 1. The van der Waals surface area contributed by atoms with Crippen LogP contribution in [0.2, 0.25) is 0 Å². The maximum absolute atomic E-state index is 11.6. The van der Waals surface area contributed by atoms with Crippen LogP contribution in [0.5, 0.6) is 0 Å². The number of anilines is 1. The lowest BCUT2D eigenvalue weighted by molar-refractivity contribution is -0.130. The molecule has 0 bridgehead atoms. The van der Waals surface area contributed by atoms with Crippen molar-refractivity contribution < 1.29 is 9.90 Å². The Labute approximate surface area is 82.8 Å². The molecule has 1 aliphatic heterocycles. The molecule has 0 unspecified atom stereocenters. The van der Waals surface area contributed by atoms with E-state index in [-0.39, 0.29) is 5.91 Å². The third kappa shape index (κ3) is 1.13. The molecule has 74 valence electrons. The van der Waals surface area contributed by atoms with Gasteiger partial charge in [0.2, 0.25) is 5.91 Å². The Morgan fingerprint density at radius 1 is 1.36 bits per heavy atom. The fraction of sp³-hybridized carbons (Fsp3) is 0.364. The van der Waals surface area contributed by atoms with E-state index in [2.05, 4.69) is 5.32 Å². The van der Waals surface area contributed by atoms with Crippen LogP contribution >= 0.6 is 0 Å². The second-order valence-electron chi connectivity index (χ2n) is 4.17. The molecule has 0 saturated heterocycles. The summed E-state index contributed by atoms with van der Waals surface area (Å²) in [6, 6.07) is 7.33. The number of aliphatic hydroxyl groups is 1. The molecule has 2 N–H and O–H groups in total. The predicted octanol–water partition coefficient (Wildman–Crippen LogP) is 1.70. The molecule has 0 aliphatic carbocycles. The molecule has 3 nitrogen and oxygen atoms in total. The fourth-order valence-electron chi connectivity index (χ4n) is 1.65. The monoisotopic (exact) mass is 191 g/mol. The molecular weight excluding hydrogens is 178 g/mol. The molecule has 1 aromatic rings. The van der Waals surface area contributed by atoms with Gasteiger partial charge in [-0.1, -0.05) is 18.2 Å². The Morgan fingerprint density at radius 2 is 2.00 bits per heavy atom. The highest BCUT2D eigenvalue weighted by atomic mass is 16.3. The minimum absolute atomic E-state index is 0.135. The molecule has 0 aromatic heterocycles. The standard InChI is InChI=1S/C11H13NO2/c1-11(2)9(13)7-5-3-4-6-8(7)12-10(11)14/h3-6,9,13H,1-2H3,(H,12,14)/t9-/m0/s1. The van der Waals surface area contributed by atoms with Crippen molar-refractivity contribution in [1.29, 1.82) is 0 Å². The second-order valence-corrected chi connectivity index (χ2v) is 4.17. The van der Waals surface area contributed by atoms with Crippen LogP contribution in [0.25, 0.3) is 0 Å². The molecule has 1 atom stereocenters. The zero-order chi connectivity index (χ0) is 10.3. The van der Waals surface area contributed by atoms with Crippen molar-refractivity contribution in [1.82, 2.24) is 0 Å². The molecule has 1 amide bonds. The van der Waals surface area contributed by atoms with Gasteiger partial charge in [0.05, 0.1) is 11.5 Å². The Kier molecular flexibility index (Phi) is 1.86. The van der Waals surface area contributed by atoms with Crippen LogP contribution in [0.1, 0.15) is 25.5 Å². The van der Waals surface area contributed by atoms with E-state index in [1.165, 1.54) is 0 Å². The molecule has 0 fully saturated rings. The number of fused-ring (bicyclic) bond motifs is 1. The summed E-state index contributed by atoms with van der Waals surface area (Å²) in [6.45, 7) is 3.48. The lowest BCUT2D eigenvalue weighted by Crippen LogP contribution is -2.40. The number of carbonyl (C=O) groups excluding carboxylic acids is 1. The third-order valence-electron chi connectivity index (χ3n) is 2.77. The molecule has 0 spiro atoms. The van der Waals surface area contributed by atoms with Gasteiger partial charge in [0.25, 0.3) is 0 Å². The van der Waals surface area contributed by atoms with Gasteiger partial charge in [0.15, 0.2) is 0 Å². The lowest BCUT2D eigenvalue weighted by atomic mass is 9.78. The quantitative estimate of drug-likeness (QED) is 0.655. The van der Waals surface area contributed by atoms with Crippen molar-refractivity contribution in [2.75, 3.05) is 5.32 Å². The first-order valence-electron chi connectivity index (χ1n) is 4.62. The van der Waals surface area contributed by atoms with Gasteiger partial charge in [-0.05, 0) is 19.9 Å². The number of benzene rings is 1. The van der Waals surface area contributed by atoms with Crippen LogP contribution in [0.15, 0.2) is 24.3 Å². The van der Waals surface area contributed by atoms with Gasteiger partial charge in [-0.2, -0.15) is 0 Å². The molecule has 14 heavy (non-hydrogen) atoms. The van der Waals surface area contributed by atoms with Crippen molar-refractivity contribution in [2.45, 2.75) is 20.0 Å². The highest BCUT2D eigenvalue weighted by molar-refractivity contribution is 5.98. The van der Waals surface area contributed by atoms with Crippen LogP contribution in [-0.4, -0.2) is 11.0 Å². The van der Waals surface area contributed by atoms with Crippen LogP contribution < -0.4 is 5.32 Å². The maximum Gasteiger partial charge on any atom is 0.233 e. The minimum atomic E-state index is -0.756. The average molecular weight is 191 g/mol. The second kappa shape index (κ2) is 2.82. The number of amides is 1. The van der Waals surface area contributed by atoms with Gasteiger partial charge in [-0.3, -0.25) is 4.79 Å². The largest absolute Gasteiger partial charge is 0.387 e. The Hall–Kier alpha value is -1.35. The number of hydrogen-bond acceptors (Lipinski definition) is 2. The van der Waals surface area contributed by atoms with Gasteiger partial charge in [0, 0.05) is 11.3 Å². The topological polar surface area (TPSA) is 49.3 Å². The molecule has 3 heteroatoms. The number of para-hydroxylation sites is 1. The van der Waals surface area contributed by atoms with Gasteiger partial charge in [0.1, 0.15) is 0 Å². The summed E-state index contributed by atoms with van der Waals surface area (Å²) in [6.07, 6.45) is -0.729. The smallest absolute Gasteiger partial charge is 0.233 e. The van der Waals surface area contributed by atoms with E-state index in [4.69, 9.17) is 0 Å². The first-order chi connectivity index (χ1) is 6.53. The van der Waals surface area contributed by atoms with E-state index in [0.29, 0.717) is 5.69 Å². The predicted molar refractivity (Wildman–Crippen MR) is 53.8 cm³/mol. The Bertz CT molecular complexity index is 385. The van der Waals surface area contributed by atoms with E-state index in [9.17, 15) is 9.90 Å². The van der Waals surface area contributed by atoms with Crippen molar-refractivity contribution in [3.63, 3.8) is 0 Å². The van der Waals surface area contributed by atoms with Crippen LogP contribution in [0.4, 0.5) is 5.69 Å². The molecule has 1 heterocycles. The number of aliphatic hydroxyl groups excluding tert-OH is 1. The van der Waals surface area contributed by atoms with Crippen molar-refractivity contribution in [3.05, 3.63) is 29.8 Å². The van der Waals surface area contributed by atoms with E-state index >= 15 is 0 Å². The first kappa shape index (κ1) is 9.21. The number of carbonyl (C=O) groups is 1. The Morgan fingerprint density at radius 3 is 2.71 bits per heavy atom. The zero-order valence-electron chi connectivity index (χ0n) is 8.24. The zero-order valence-corrected chi connectivity index (χ0v) is 8.24. The van der Waals surface area contributed by atoms with E-state index in [1.807, 2.05) is 18.2 Å². The summed E-state index contributed by atoms with van der Waals surface area (Å²) in [7, 11) is 0. The molecule has 0 saturated carbocycles. The summed E-state index contributed by atoms with van der Waals surface area (Å²) < 4.78 is 0. The maximum atomic E-state index is 11.6. The fourth-order valence-corrected chi connectivity index (χ4v) is 1.65. The van der Waals surface area contributed by atoms with Crippen LogP contribution in [0.3, 0.4) is 0 Å². The summed E-state index contributed by atoms with van der Waals surface area (Å²) in [5.41, 5.74) is 0.746. The van der Waals surface area contributed by atoms with Crippen molar-refractivity contribution >= 4 is 11.6 Å². The number of hydrogen-bond donors (Lipinski definition) is 2. The number of rotatable bonds is 0. The SMILES string of the molecule is CC1(C)C(=O)Nc2ccccc2[C@@H]1O. The van der Waals surface area contributed by atoms with Gasteiger partial charge in [-0.15, -0.1) is 0 Å². The lowest BCUT2D eigenvalue weighted by Gasteiger charge is -2.35. The highest BCUT2D eigenvalue weighted by Gasteiger charge is 2.41. The minimum Gasteiger partial charge on any atom is -0.387 e. The third-order valence-corrected chi connectivity index (χ3v) is 2.77. The Balaban J connectivity index is 2.55. The van der Waals surface area contributed by atoms with Crippen molar-refractivity contribution in [3.8, 4) is 0 Å². The van der Waals surface area contributed by atoms with Gasteiger partial charge < -0.3 is 10.4 Å². The van der Waals surface area contributed by atoms with E-state index in [0.717, 1.165) is 5.56 Å². The van der Waals surface area contributed by atoms with E-state index < -0.39 is 11.5 Å². The van der Waals surface area contributed by atoms with E-state index in [1.54, 1.807) is 19.9 Å². The first-order valence-corrected chi connectivity index (χ1v) is 4.62.